The van der Waals surface area contributed by atoms with Crippen LogP contribution in [0.5, 0.6) is 11.5 Å². The highest BCUT2D eigenvalue weighted by Crippen LogP contribution is 2.36. The minimum Gasteiger partial charge on any atom is -0.504 e. The molecule has 0 spiro atoms. The van der Waals surface area contributed by atoms with Gasteiger partial charge in [0.15, 0.2) is 11.5 Å². The number of hydrogen-bond donors (Lipinski definition) is 2. The Morgan fingerprint density at radius 3 is 2.21 bits per heavy atom. The monoisotopic (exact) mass is 525 g/mol. The van der Waals surface area contributed by atoms with Gasteiger partial charge in [0.25, 0.3) is 0 Å². The lowest BCUT2D eigenvalue weighted by Crippen LogP contribution is -2.24. The van der Waals surface area contributed by atoms with E-state index in [2.05, 4.69) is 84.4 Å². The zero-order valence-electron chi connectivity index (χ0n) is 23.7. The molecular formula is C34H43N3O2. The van der Waals surface area contributed by atoms with Gasteiger partial charge in [0.1, 0.15) is 5.82 Å². The van der Waals surface area contributed by atoms with E-state index in [-0.39, 0.29) is 11.8 Å². The van der Waals surface area contributed by atoms with Crippen LogP contribution in [0.15, 0.2) is 78.9 Å². The number of phenols is 1. The van der Waals surface area contributed by atoms with Crippen molar-refractivity contribution in [3.8, 4) is 34.1 Å². The molecule has 0 amide bonds. The van der Waals surface area contributed by atoms with Crippen LogP contribution in [0.25, 0.3) is 22.6 Å². The van der Waals surface area contributed by atoms with Crippen LogP contribution in [-0.2, 0) is 13.1 Å². The first-order chi connectivity index (χ1) is 19.2. The normalized spacial score (nSPS) is 12.0. The van der Waals surface area contributed by atoms with Crippen molar-refractivity contribution < 1.29 is 9.84 Å². The third-order valence-corrected chi connectivity index (χ3v) is 7.12. The molecule has 1 unspecified atom stereocenters. The molecule has 5 nitrogen and oxygen atoms in total. The van der Waals surface area contributed by atoms with E-state index in [1.807, 2.05) is 19.1 Å². The Hall–Kier alpha value is -3.57. The maximum absolute atomic E-state index is 10.2. The first kappa shape index (κ1) is 28.4. The molecule has 0 fully saturated rings. The van der Waals surface area contributed by atoms with Gasteiger partial charge in [-0.05, 0) is 37.5 Å². The number of rotatable bonds is 15. The molecule has 2 N–H and O–H groups in total. The first-order valence-electron chi connectivity index (χ1n) is 14.6. The highest BCUT2D eigenvalue weighted by Gasteiger charge is 2.26. The second-order valence-corrected chi connectivity index (χ2v) is 10.1. The summed E-state index contributed by atoms with van der Waals surface area (Å²) in [4.78, 5) is 5.33. The van der Waals surface area contributed by atoms with Crippen molar-refractivity contribution in [2.75, 3.05) is 6.61 Å². The van der Waals surface area contributed by atoms with Gasteiger partial charge < -0.3 is 19.7 Å². The second-order valence-electron chi connectivity index (χ2n) is 10.1. The summed E-state index contributed by atoms with van der Waals surface area (Å²) in [6, 6.07) is 26.9. The summed E-state index contributed by atoms with van der Waals surface area (Å²) in [6.45, 7) is 8.55. The van der Waals surface area contributed by atoms with Gasteiger partial charge in [-0.25, -0.2) is 4.98 Å². The van der Waals surface area contributed by atoms with E-state index in [1.165, 1.54) is 18.5 Å². The van der Waals surface area contributed by atoms with Crippen LogP contribution in [0.1, 0.15) is 76.6 Å². The fourth-order valence-corrected chi connectivity index (χ4v) is 5.11. The van der Waals surface area contributed by atoms with Crippen LogP contribution in [-0.4, -0.2) is 21.3 Å². The third kappa shape index (κ3) is 7.30. The zero-order chi connectivity index (χ0) is 27.5. The minimum atomic E-state index is 0.121. The van der Waals surface area contributed by atoms with Crippen LogP contribution >= 0.6 is 0 Å². The predicted octanol–water partition coefficient (Wildman–Crippen LogP) is 8.53. The van der Waals surface area contributed by atoms with E-state index < -0.39 is 0 Å². The van der Waals surface area contributed by atoms with Crippen molar-refractivity contribution in [3.63, 3.8) is 0 Å². The molecule has 0 aliphatic heterocycles. The van der Waals surface area contributed by atoms with E-state index in [4.69, 9.17) is 9.72 Å². The lowest BCUT2D eigenvalue weighted by atomic mass is 10.00. The van der Waals surface area contributed by atoms with Crippen LogP contribution < -0.4 is 10.1 Å². The molecule has 0 saturated heterocycles. The average molecular weight is 526 g/mol. The van der Waals surface area contributed by atoms with E-state index in [0.717, 1.165) is 60.4 Å². The summed E-state index contributed by atoms with van der Waals surface area (Å²) in [5.74, 6) is 1.74. The smallest absolute Gasteiger partial charge is 0.161 e. The topological polar surface area (TPSA) is 59.3 Å². The second kappa shape index (κ2) is 14.5. The Morgan fingerprint density at radius 2 is 1.54 bits per heavy atom. The van der Waals surface area contributed by atoms with Gasteiger partial charge >= 0.3 is 0 Å². The van der Waals surface area contributed by atoms with E-state index in [9.17, 15) is 5.11 Å². The van der Waals surface area contributed by atoms with Crippen molar-refractivity contribution in [2.45, 2.75) is 78.4 Å². The van der Waals surface area contributed by atoms with Gasteiger partial charge in [-0.1, -0.05) is 106 Å². The Bertz CT molecular complexity index is 1280. The molecule has 1 aromatic heterocycles. The number of nitrogens with one attached hydrogen (secondary N) is 1. The highest BCUT2D eigenvalue weighted by atomic mass is 16.5. The molecule has 39 heavy (non-hydrogen) atoms. The standard InChI is InChI=1S/C34H43N3O2/c1-4-7-15-23-37-33(29(20-8-5-2)35-25-26-21-22-30(38)31(24-26)39-6-3)32(27-16-11-9-12-17-27)36-34(37)28-18-13-10-14-19-28/h9-14,16-19,21-22,24,29,35,38H,4-8,15,20,23,25H2,1-3H3. The Kier molecular flexibility index (Phi) is 10.6. The number of hydrogen-bond acceptors (Lipinski definition) is 4. The molecule has 1 heterocycles. The van der Waals surface area contributed by atoms with Crippen molar-refractivity contribution in [2.24, 2.45) is 0 Å². The number of phenolic OH excluding ortho intramolecular Hbond substituents is 1. The third-order valence-electron chi connectivity index (χ3n) is 7.12. The van der Waals surface area contributed by atoms with Gasteiger partial charge in [0.2, 0.25) is 0 Å². The van der Waals surface area contributed by atoms with Crippen molar-refractivity contribution in [3.05, 3.63) is 90.1 Å². The molecule has 4 aromatic rings. The van der Waals surface area contributed by atoms with Crippen molar-refractivity contribution in [1.29, 1.82) is 0 Å². The van der Waals surface area contributed by atoms with Crippen molar-refractivity contribution in [1.82, 2.24) is 14.9 Å². The molecule has 0 aliphatic rings. The molecule has 0 aliphatic carbocycles. The molecule has 5 heteroatoms. The van der Waals surface area contributed by atoms with Crippen LogP contribution in [0.3, 0.4) is 0 Å². The fourth-order valence-electron chi connectivity index (χ4n) is 5.11. The maximum Gasteiger partial charge on any atom is 0.161 e. The molecule has 0 bridgehead atoms. The molecule has 0 radical (unpaired) electrons. The van der Waals surface area contributed by atoms with Gasteiger partial charge in [0.05, 0.1) is 18.0 Å². The molecule has 206 valence electrons. The largest absolute Gasteiger partial charge is 0.504 e. The van der Waals surface area contributed by atoms with Gasteiger partial charge in [0, 0.05) is 30.3 Å². The summed E-state index contributed by atoms with van der Waals surface area (Å²) < 4.78 is 8.12. The Morgan fingerprint density at radius 1 is 0.846 bits per heavy atom. The quantitative estimate of drug-likeness (QED) is 0.153. The summed E-state index contributed by atoms with van der Waals surface area (Å²) in [6.07, 6.45) is 6.74. The van der Waals surface area contributed by atoms with Crippen molar-refractivity contribution >= 4 is 0 Å². The number of ether oxygens (including phenoxy) is 1. The fraction of sp³-hybridized carbons (Fsp3) is 0.382. The van der Waals surface area contributed by atoms with Crippen LogP contribution in [0, 0.1) is 0 Å². The highest BCUT2D eigenvalue weighted by molar-refractivity contribution is 5.69. The SMILES string of the molecule is CCCCCn1c(-c2ccccc2)nc(-c2ccccc2)c1C(CCCC)NCc1ccc(O)c(OCC)c1. The maximum atomic E-state index is 10.2. The number of nitrogens with zero attached hydrogens (tertiary/aromatic N) is 2. The summed E-state index contributed by atoms with van der Waals surface area (Å²) in [5, 5.41) is 14.1. The lowest BCUT2D eigenvalue weighted by Gasteiger charge is -2.23. The van der Waals surface area contributed by atoms with E-state index >= 15 is 0 Å². The number of aromatic hydroxyl groups is 1. The van der Waals surface area contributed by atoms with Crippen LogP contribution in [0.2, 0.25) is 0 Å². The minimum absolute atomic E-state index is 0.121. The van der Waals surface area contributed by atoms with Crippen LogP contribution in [0.4, 0.5) is 0 Å². The zero-order valence-corrected chi connectivity index (χ0v) is 23.7. The summed E-state index contributed by atoms with van der Waals surface area (Å²) >= 11 is 0. The molecular weight excluding hydrogens is 482 g/mol. The number of aromatic nitrogens is 2. The summed E-state index contributed by atoms with van der Waals surface area (Å²) in [7, 11) is 0. The van der Waals surface area contributed by atoms with E-state index in [0.29, 0.717) is 18.9 Å². The molecule has 1 atom stereocenters. The molecule has 3 aromatic carbocycles. The first-order valence-corrected chi connectivity index (χ1v) is 14.6. The average Bonchev–Trinajstić information content (AvgIpc) is 3.35. The van der Waals surface area contributed by atoms with Gasteiger partial charge in [-0.2, -0.15) is 0 Å². The Balaban J connectivity index is 1.79. The van der Waals surface area contributed by atoms with E-state index in [1.54, 1.807) is 6.07 Å². The molecule has 0 saturated carbocycles. The Labute approximate surface area is 233 Å². The number of benzene rings is 3. The number of imidazole rings is 1. The van der Waals surface area contributed by atoms with Gasteiger partial charge in [-0.15, -0.1) is 0 Å². The molecule has 4 rings (SSSR count). The summed E-state index contributed by atoms with van der Waals surface area (Å²) in [5.41, 5.74) is 5.69. The van der Waals surface area contributed by atoms with Gasteiger partial charge in [-0.3, -0.25) is 0 Å². The lowest BCUT2D eigenvalue weighted by molar-refractivity contribution is 0.317. The number of unbranched alkanes of at least 4 members (excludes halogenated alkanes) is 3. The predicted molar refractivity (Wildman–Crippen MR) is 161 cm³/mol.